The first-order chi connectivity index (χ1) is 27.9. The van der Waals surface area contributed by atoms with E-state index in [1.54, 1.807) is 0 Å². The lowest BCUT2D eigenvalue weighted by molar-refractivity contribution is 0.473. The van der Waals surface area contributed by atoms with E-state index in [2.05, 4.69) is 155 Å². The van der Waals surface area contributed by atoms with Crippen LogP contribution in [0.15, 0.2) is 173 Å². The number of benzene rings is 4. The van der Waals surface area contributed by atoms with Gasteiger partial charge >= 0.3 is 0 Å². The van der Waals surface area contributed by atoms with Crippen molar-refractivity contribution in [3.63, 3.8) is 0 Å². The number of H-pyrrole nitrogens is 1. The van der Waals surface area contributed by atoms with Crippen LogP contribution in [-0.4, -0.2) is 75.7 Å². The molecule has 5 aliphatic heterocycles. The van der Waals surface area contributed by atoms with Gasteiger partial charge in [-0.3, -0.25) is 8.97 Å². The molecule has 8 heteroatoms. The number of quaternary nitrogens is 2. The van der Waals surface area contributed by atoms with Gasteiger partial charge < -0.3 is 19.4 Å². The number of ether oxygens (including phenoxy) is 2. The molecular formula is C50H46N6O2+2. The number of hydrogen-bond donors (Lipinski definition) is 1. The fourth-order valence-corrected chi connectivity index (χ4v) is 7.95. The van der Waals surface area contributed by atoms with E-state index in [0.717, 1.165) is 87.8 Å². The predicted molar refractivity (Wildman–Crippen MR) is 238 cm³/mol. The zero-order chi connectivity index (χ0) is 39.8. The third-order valence-electron chi connectivity index (χ3n) is 11.2. The predicted octanol–water partition coefficient (Wildman–Crippen LogP) is 8.25. The molecule has 0 amide bonds. The van der Waals surface area contributed by atoms with Crippen LogP contribution in [0.25, 0.3) is 17.2 Å². The number of aromatic nitrogens is 1. The van der Waals surface area contributed by atoms with Gasteiger partial charge in [-0.2, -0.15) is 0 Å². The minimum absolute atomic E-state index is 0.243. The number of fused-ring (bicyclic) bond motifs is 5. The molecule has 1 fully saturated rings. The Bertz CT molecular complexity index is 2820. The molecular weight excluding hydrogens is 717 g/mol. The van der Waals surface area contributed by atoms with Gasteiger partial charge in [0.05, 0.1) is 77.2 Å². The van der Waals surface area contributed by atoms with Gasteiger partial charge in [0.15, 0.2) is 0 Å². The molecule has 6 heterocycles. The molecule has 0 radical (unpaired) electrons. The summed E-state index contributed by atoms with van der Waals surface area (Å²) in [5, 5.41) is 1.95. The molecule has 286 valence electrons. The van der Waals surface area contributed by atoms with E-state index >= 15 is 0 Å². The van der Waals surface area contributed by atoms with Crippen LogP contribution in [-0.2, 0) is 0 Å². The first-order valence-corrected chi connectivity index (χ1v) is 19.8. The summed E-state index contributed by atoms with van der Waals surface area (Å²) in [5.41, 5.74) is 11.6. The van der Waals surface area contributed by atoms with Gasteiger partial charge in [-0.05, 0) is 114 Å². The van der Waals surface area contributed by atoms with Crippen LogP contribution in [0, 0.1) is 0 Å². The van der Waals surface area contributed by atoms with E-state index in [1.807, 2.05) is 48.5 Å². The second kappa shape index (κ2) is 13.4. The van der Waals surface area contributed by atoms with Gasteiger partial charge in [0, 0.05) is 51.8 Å². The van der Waals surface area contributed by atoms with Crippen molar-refractivity contribution >= 4 is 40.0 Å². The third kappa shape index (κ3) is 6.76. The van der Waals surface area contributed by atoms with Gasteiger partial charge in [-0.1, -0.05) is 24.3 Å². The largest absolute Gasteiger partial charge is 0.457 e. The normalized spacial score (nSPS) is 22.8. The topological polar surface area (TPSA) is 62.0 Å². The van der Waals surface area contributed by atoms with Crippen molar-refractivity contribution in [3.05, 3.63) is 185 Å². The highest BCUT2D eigenvalue weighted by atomic mass is 16.5. The molecule has 58 heavy (non-hydrogen) atoms. The maximum atomic E-state index is 6.26. The van der Waals surface area contributed by atoms with Crippen molar-refractivity contribution < 1.29 is 9.47 Å². The minimum Gasteiger partial charge on any atom is -0.457 e. The molecule has 5 aliphatic rings. The van der Waals surface area contributed by atoms with Crippen LogP contribution >= 0.6 is 0 Å². The van der Waals surface area contributed by atoms with Crippen molar-refractivity contribution in [2.45, 2.75) is 12.1 Å². The second-order valence-corrected chi connectivity index (χ2v) is 17.1. The number of nitrogens with zero attached hydrogens (tertiary/aromatic N) is 5. The van der Waals surface area contributed by atoms with E-state index in [1.165, 1.54) is 17.1 Å². The summed E-state index contributed by atoms with van der Waals surface area (Å²) in [6, 6.07) is 38.0. The summed E-state index contributed by atoms with van der Waals surface area (Å²) >= 11 is 0. The van der Waals surface area contributed by atoms with Gasteiger partial charge in [0.1, 0.15) is 34.4 Å². The van der Waals surface area contributed by atoms with Crippen molar-refractivity contribution in [2.24, 2.45) is 9.98 Å². The first-order valence-electron chi connectivity index (χ1n) is 19.8. The molecule has 2 atom stereocenters. The summed E-state index contributed by atoms with van der Waals surface area (Å²) in [5.74, 6) is 3.19. The van der Waals surface area contributed by atoms with E-state index in [9.17, 15) is 0 Å². The Morgan fingerprint density at radius 3 is 1.64 bits per heavy atom. The monoisotopic (exact) mass is 762 g/mol. The third-order valence-corrected chi connectivity index (χ3v) is 11.2. The Morgan fingerprint density at radius 2 is 1.07 bits per heavy atom. The van der Waals surface area contributed by atoms with Crippen LogP contribution in [0.2, 0.25) is 0 Å². The average molecular weight is 763 g/mol. The fourth-order valence-electron chi connectivity index (χ4n) is 7.95. The molecule has 1 saturated heterocycles. The molecule has 0 spiro atoms. The van der Waals surface area contributed by atoms with Crippen molar-refractivity contribution in [1.29, 1.82) is 0 Å². The Morgan fingerprint density at radius 1 is 0.534 bits per heavy atom. The molecule has 0 saturated carbocycles. The van der Waals surface area contributed by atoms with Crippen molar-refractivity contribution in [3.8, 4) is 23.0 Å². The molecule has 10 rings (SSSR count). The molecule has 1 N–H and O–H groups in total. The van der Waals surface area contributed by atoms with E-state index in [4.69, 9.17) is 19.5 Å². The number of aliphatic imine (C=N–C) groups is 2. The van der Waals surface area contributed by atoms with E-state index in [-0.39, 0.29) is 6.04 Å². The molecule has 6 bridgehead atoms. The summed E-state index contributed by atoms with van der Waals surface area (Å²) < 4.78 is 14.0. The van der Waals surface area contributed by atoms with Gasteiger partial charge in [0.2, 0.25) is 0 Å². The van der Waals surface area contributed by atoms with Gasteiger partial charge in [-0.25, -0.2) is 9.98 Å². The van der Waals surface area contributed by atoms with Crippen LogP contribution in [0.3, 0.4) is 0 Å². The molecule has 8 nitrogen and oxygen atoms in total. The van der Waals surface area contributed by atoms with Crippen molar-refractivity contribution in [2.75, 3.05) is 42.3 Å². The fraction of sp³-hybridized carbons (Fsp3) is 0.160. The summed E-state index contributed by atoms with van der Waals surface area (Å²) in [6.45, 7) is 0. The number of hydrogen-bond acceptors (Lipinski definition) is 5. The van der Waals surface area contributed by atoms with Crippen LogP contribution in [0.1, 0.15) is 11.1 Å². The summed E-state index contributed by atoms with van der Waals surface area (Å²) in [6.07, 6.45) is 15.2. The Balaban J connectivity index is 0.972. The van der Waals surface area contributed by atoms with Gasteiger partial charge in [0.25, 0.3) is 0 Å². The zero-order valence-corrected chi connectivity index (χ0v) is 33.6. The van der Waals surface area contributed by atoms with Crippen LogP contribution < -0.4 is 29.1 Å². The molecule has 5 aromatic rings. The minimum atomic E-state index is 0.243. The standard InChI is InChI=1S/C50H46N6O2/c1-55(2,3)37-14-22-41(23-15-37)57-39-18-7-32(8-19-39)49-43-26-11-34(51-43)29-35-12-28-45(52-35)50(48-31-47-46(54(47)48)30-36-13-27-44(49)53-36)33-9-20-40(21-10-33)58-42-24-16-38(17-25-42)56(4,5)6/h7-31,46-47,51H,1-6H3/q+2/b34-29-,36-30-,49-43-,50-45-. The molecule has 2 unspecified atom stereocenters. The Labute approximate surface area is 339 Å². The number of allylic oxidation sites excluding steroid dienone is 5. The highest BCUT2D eigenvalue weighted by Gasteiger charge is 2.54. The highest BCUT2D eigenvalue weighted by molar-refractivity contribution is 6.30. The maximum absolute atomic E-state index is 6.26. The Hall–Kier alpha value is -6.74. The van der Waals surface area contributed by atoms with E-state index in [0.29, 0.717) is 6.04 Å². The SMILES string of the molecule is C[N+](C)(C)c1ccc(Oc2ccc(/C3=C4\C=CC(=N4)/C=c4/cc/c([nH]4)=C(\c4ccc(Oc5ccc([N+](C)(C)C)cc5)cc4)C4=N/C(=C\C5C6C=C3N65)C=C4)cc2)cc1. The van der Waals surface area contributed by atoms with Crippen LogP contribution in [0.4, 0.5) is 11.4 Å². The summed E-state index contributed by atoms with van der Waals surface area (Å²) in [4.78, 5) is 16.5. The maximum Gasteiger partial charge on any atom is 0.132 e. The second-order valence-electron chi connectivity index (χ2n) is 17.1. The number of nitrogens with one attached hydrogen (secondary N) is 1. The summed E-state index contributed by atoms with van der Waals surface area (Å²) in [7, 11) is 12.9. The van der Waals surface area contributed by atoms with E-state index < -0.39 is 0 Å². The number of rotatable bonds is 8. The molecule has 4 aromatic carbocycles. The lowest BCUT2D eigenvalue weighted by Crippen LogP contribution is -2.34. The highest BCUT2D eigenvalue weighted by Crippen LogP contribution is 2.51. The first kappa shape index (κ1) is 35.7. The Kier molecular flexibility index (Phi) is 8.26. The number of aromatic amines is 1. The lowest BCUT2D eigenvalue weighted by Gasteiger charge is -2.23. The average Bonchev–Trinajstić information content (AvgIpc) is 3.74. The van der Waals surface area contributed by atoms with Crippen molar-refractivity contribution in [1.82, 2.24) is 18.8 Å². The van der Waals surface area contributed by atoms with Gasteiger partial charge in [-0.15, -0.1) is 0 Å². The molecule has 1 aromatic heterocycles. The lowest BCUT2D eigenvalue weighted by atomic mass is 9.97. The smallest absolute Gasteiger partial charge is 0.132 e. The zero-order valence-electron chi connectivity index (χ0n) is 33.6. The molecule has 0 aliphatic carbocycles. The van der Waals surface area contributed by atoms with Crippen LogP contribution in [0.5, 0.6) is 23.0 Å². The quantitative estimate of drug-likeness (QED) is 0.128.